The molecule has 0 fully saturated rings. The first-order valence-electron chi connectivity index (χ1n) is 7.65. The first-order chi connectivity index (χ1) is 12.0. The third kappa shape index (κ3) is 8.73. The van der Waals surface area contributed by atoms with Gasteiger partial charge in [0.05, 0.1) is 12.7 Å². The largest absolute Gasteiger partial charge is 0.540 e. The third-order valence-corrected chi connectivity index (χ3v) is 2.79. The van der Waals surface area contributed by atoms with Crippen LogP contribution in [0.5, 0.6) is 0 Å². The predicted molar refractivity (Wildman–Crippen MR) is 85.8 cm³/mol. The third-order valence-electron chi connectivity index (χ3n) is 2.79. The van der Waals surface area contributed by atoms with E-state index in [0.29, 0.717) is 0 Å². The second kappa shape index (κ2) is 11.1. The van der Waals surface area contributed by atoms with Crippen LogP contribution >= 0.6 is 0 Å². The highest BCUT2D eigenvalue weighted by atomic mass is 17.2. The fourth-order valence-corrected chi connectivity index (χ4v) is 1.58. The zero-order chi connectivity index (χ0) is 18.5. The average molecular weight is 354 g/mol. The molecule has 8 nitrogen and oxygen atoms in total. The summed E-state index contributed by atoms with van der Waals surface area (Å²) in [5, 5.41) is 0. The highest BCUT2D eigenvalue weighted by Crippen LogP contribution is 2.24. The smallest absolute Gasteiger partial charge is 0.460 e. The van der Waals surface area contributed by atoms with Crippen LogP contribution in [-0.2, 0) is 39.4 Å². The molecule has 25 heavy (non-hydrogen) atoms. The summed E-state index contributed by atoms with van der Waals surface area (Å²) in [4.78, 5) is 41.1. The summed E-state index contributed by atoms with van der Waals surface area (Å²) >= 11 is 0. The summed E-state index contributed by atoms with van der Waals surface area (Å²) in [7, 11) is 0. The molecule has 0 N–H and O–H groups in total. The molecule has 0 spiro atoms. The van der Waals surface area contributed by atoms with E-state index < -0.39 is 17.7 Å². The van der Waals surface area contributed by atoms with E-state index in [-0.39, 0.29) is 19.8 Å². The van der Waals surface area contributed by atoms with Gasteiger partial charge in [0.1, 0.15) is 25.1 Å². The Kier molecular flexibility index (Phi) is 9.05. The van der Waals surface area contributed by atoms with Gasteiger partial charge in [-0.1, -0.05) is 30.3 Å². The highest BCUT2D eigenvalue weighted by Gasteiger charge is 2.22. The van der Waals surface area contributed by atoms with Gasteiger partial charge in [-0.05, 0) is 26.3 Å². The Balaban J connectivity index is 2.17. The maximum Gasteiger partial charge on any atom is 0.540 e. The predicted octanol–water partition coefficient (Wildman–Crippen LogP) is 3.03. The molecule has 0 heterocycles. The Labute approximate surface area is 146 Å². The highest BCUT2D eigenvalue weighted by molar-refractivity contribution is 5.81. The van der Waals surface area contributed by atoms with E-state index in [4.69, 9.17) is 14.5 Å². The number of carbonyl (C=O) groups excluding carboxylic acids is 2. The summed E-state index contributed by atoms with van der Waals surface area (Å²) in [6.45, 7) is 5.22. The summed E-state index contributed by atoms with van der Waals surface area (Å²) in [6.07, 6.45) is 1.16. The summed E-state index contributed by atoms with van der Waals surface area (Å²) < 4.78 is 9.24. The normalized spacial score (nSPS) is 11.2. The number of ether oxygens (including phenoxy) is 2. The molecule has 0 aliphatic heterocycles. The van der Waals surface area contributed by atoms with Crippen LogP contribution in [-0.4, -0.2) is 31.9 Å². The summed E-state index contributed by atoms with van der Waals surface area (Å²) in [5.74, 6) is -0.666. The van der Waals surface area contributed by atoms with Crippen LogP contribution < -0.4 is 0 Å². The van der Waals surface area contributed by atoms with Crippen molar-refractivity contribution in [3.8, 4) is 0 Å². The Morgan fingerprint density at radius 3 is 2.48 bits per heavy atom. The summed E-state index contributed by atoms with van der Waals surface area (Å²) in [6, 6.07) is 9.49. The average Bonchev–Trinajstić information content (AvgIpc) is 2.59. The van der Waals surface area contributed by atoms with Crippen molar-refractivity contribution in [2.45, 2.75) is 26.4 Å². The van der Waals surface area contributed by atoms with Crippen molar-refractivity contribution in [3.63, 3.8) is 0 Å². The molecular weight excluding hydrogens is 332 g/mol. The maximum atomic E-state index is 11.4. The molecule has 0 atom stereocenters. The van der Waals surface area contributed by atoms with Gasteiger partial charge in [0.2, 0.25) is 0 Å². The lowest BCUT2D eigenvalue weighted by atomic mass is 9.99. The van der Waals surface area contributed by atoms with Crippen LogP contribution in [0.15, 0.2) is 42.7 Å². The van der Waals surface area contributed by atoms with E-state index >= 15 is 0 Å². The Hall–Kier alpha value is -2.58. The molecule has 1 rings (SSSR count). The van der Waals surface area contributed by atoms with Crippen molar-refractivity contribution >= 4 is 12.1 Å². The van der Waals surface area contributed by atoms with Gasteiger partial charge in [-0.2, -0.15) is 9.78 Å². The second-order valence-electron chi connectivity index (χ2n) is 5.11. The van der Waals surface area contributed by atoms with Crippen molar-refractivity contribution in [1.29, 1.82) is 0 Å². The molecule has 0 saturated carbocycles. The minimum absolute atomic E-state index is 0.112. The second-order valence-corrected chi connectivity index (χ2v) is 5.11. The standard InChI is InChI=1S/C17H22O8/c1-4-20-16(19)24-22-13-12-21-15(18)10-11-23-25-17(2,3)14-8-6-5-7-9-14/h5-11H,4,12-13H2,1-3H3. The molecule has 0 aromatic heterocycles. The molecule has 0 aliphatic rings. The van der Waals surface area contributed by atoms with Crippen molar-refractivity contribution < 1.29 is 38.6 Å². The van der Waals surface area contributed by atoms with Gasteiger partial charge in [0.25, 0.3) is 0 Å². The van der Waals surface area contributed by atoms with E-state index in [2.05, 4.69) is 14.5 Å². The van der Waals surface area contributed by atoms with Gasteiger partial charge in [0, 0.05) is 0 Å². The van der Waals surface area contributed by atoms with Crippen LogP contribution in [0.3, 0.4) is 0 Å². The molecule has 0 unspecified atom stereocenters. The van der Waals surface area contributed by atoms with Gasteiger partial charge < -0.3 is 14.4 Å². The maximum absolute atomic E-state index is 11.4. The molecular formula is C17H22O8. The first kappa shape index (κ1) is 20.5. The van der Waals surface area contributed by atoms with Crippen molar-refractivity contribution in [3.05, 3.63) is 48.2 Å². The number of esters is 1. The lowest BCUT2D eigenvalue weighted by Crippen LogP contribution is -2.20. The lowest BCUT2D eigenvalue weighted by Gasteiger charge is -2.22. The van der Waals surface area contributed by atoms with Crippen molar-refractivity contribution in [2.75, 3.05) is 19.8 Å². The minimum atomic E-state index is -0.958. The topological polar surface area (TPSA) is 89.5 Å². The van der Waals surface area contributed by atoms with Crippen LogP contribution in [0.4, 0.5) is 4.79 Å². The van der Waals surface area contributed by atoms with Crippen LogP contribution in [0.25, 0.3) is 0 Å². The molecule has 0 amide bonds. The quantitative estimate of drug-likeness (QED) is 0.158. The SMILES string of the molecule is CCOC(=O)OOCCOC(=O)C=COOC(C)(C)c1ccccc1. The molecule has 8 heteroatoms. The molecule has 138 valence electrons. The molecule has 0 radical (unpaired) electrons. The fraction of sp³-hybridized carbons (Fsp3) is 0.412. The van der Waals surface area contributed by atoms with E-state index in [1.165, 1.54) is 0 Å². The van der Waals surface area contributed by atoms with Crippen LogP contribution in [0, 0.1) is 0 Å². The minimum Gasteiger partial charge on any atom is -0.460 e. The lowest BCUT2D eigenvalue weighted by molar-refractivity contribution is -0.321. The van der Waals surface area contributed by atoms with Gasteiger partial charge >= 0.3 is 12.1 Å². The number of hydrogen-bond acceptors (Lipinski definition) is 8. The Morgan fingerprint density at radius 2 is 1.80 bits per heavy atom. The van der Waals surface area contributed by atoms with Crippen molar-refractivity contribution in [1.82, 2.24) is 0 Å². The zero-order valence-electron chi connectivity index (χ0n) is 14.4. The molecule has 1 aromatic rings. The number of rotatable bonds is 10. The monoisotopic (exact) mass is 354 g/mol. The van der Waals surface area contributed by atoms with Crippen molar-refractivity contribution in [2.24, 2.45) is 0 Å². The van der Waals surface area contributed by atoms with Gasteiger partial charge in [-0.25, -0.2) is 9.59 Å². The van der Waals surface area contributed by atoms with E-state index in [0.717, 1.165) is 17.9 Å². The zero-order valence-corrected chi connectivity index (χ0v) is 14.4. The number of carbonyl (C=O) groups is 2. The van der Waals surface area contributed by atoms with Gasteiger partial charge in [-0.3, -0.25) is 4.89 Å². The van der Waals surface area contributed by atoms with Crippen LogP contribution in [0.2, 0.25) is 0 Å². The summed E-state index contributed by atoms with van der Waals surface area (Å²) in [5.41, 5.74) is 0.234. The van der Waals surface area contributed by atoms with Crippen LogP contribution in [0.1, 0.15) is 26.3 Å². The Morgan fingerprint density at radius 1 is 1.08 bits per heavy atom. The molecule has 0 saturated heterocycles. The molecule has 1 aromatic carbocycles. The molecule has 0 bridgehead atoms. The number of benzene rings is 1. The first-order valence-corrected chi connectivity index (χ1v) is 7.65. The van der Waals surface area contributed by atoms with Gasteiger partial charge in [-0.15, -0.1) is 0 Å². The van der Waals surface area contributed by atoms with E-state index in [1.54, 1.807) is 6.92 Å². The van der Waals surface area contributed by atoms with E-state index in [1.807, 2.05) is 44.2 Å². The fourth-order valence-electron chi connectivity index (χ4n) is 1.58. The molecule has 0 aliphatic carbocycles. The van der Waals surface area contributed by atoms with Gasteiger partial charge in [0.15, 0.2) is 0 Å². The van der Waals surface area contributed by atoms with E-state index in [9.17, 15) is 9.59 Å². The Bertz CT molecular complexity index is 553. The number of hydrogen-bond donors (Lipinski definition) is 0.